The zero-order valence-corrected chi connectivity index (χ0v) is 27.6. The minimum Gasteiger partial charge on any atom is -0.341 e. The van der Waals surface area contributed by atoms with E-state index in [2.05, 4.69) is 10.2 Å². The third-order valence-electron chi connectivity index (χ3n) is 10.2. The Kier molecular flexibility index (Phi) is 11.7. The maximum atomic E-state index is 14.1. The number of likely N-dealkylation sites (tertiary alicyclic amines) is 3. The van der Waals surface area contributed by atoms with Crippen LogP contribution in [0.1, 0.15) is 82.6 Å². The van der Waals surface area contributed by atoms with Gasteiger partial charge in [0.05, 0.1) is 6.04 Å². The molecule has 0 spiro atoms. The van der Waals surface area contributed by atoms with Crippen molar-refractivity contribution in [3.63, 3.8) is 0 Å². The third-order valence-corrected chi connectivity index (χ3v) is 10.5. The summed E-state index contributed by atoms with van der Waals surface area (Å²) in [5.74, 6) is 0.133. The van der Waals surface area contributed by atoms with Crippen LogP contribution in [0.3, 0.4) is 0 Å². The molecule has 4 fully saturated rings. The van der Waals surface area contributed by atoms with Crippen molar-refractivity contribution in [1.82, 2.24) is 29.8 Å². The molecule has 4 aliphatic rings. The molecule has 5 rings (SSSR count). The number of amides is 5. The van der Waals surface area contributed by atoms with Crippen LogP contribution < -0.4 is 5.32 Å². The number of hydrogen-bond acceptors (Lipinski definition) is 4. The van der Waals surface area contributed by atoms with E-state index in [0.717, 1.165) is 83.1 Å². The number of benzene rings is 1. The number of rotatable bonds is 7. The highest BCUT2D eigenvalue weighted by Gasteiger charge is 2.37. The second-order valence-electron chi connectivity index (χ2n) is 13.6. The first-order chi connectivity index (χ1) is 21.3. The average molecular weight is 629 g/mol. The van der Waals surface area contributed by atoms with Crippen LogP contribution in [0, 0.1) is 0 Å². The van der Waals surface area contributed by atoms with E-state index in [-0.39, 0.29) is 36.1 Å². The van der Waals surface area contributed by atoms with Gasteiger partial charge in [0.1, 0.15) is 0 Å². The maximum Gasteiger partial charge on any atom is 0.319 e. The lowest BCUT2D eigenvalue weighted by Crippen LogP contribution is -2.58. The van der Waals surface area contributed by atoms with Crippen molar-refractivity contribution in [2.24, 2.45) is 0 Å². The number of hydrogen-bond donors (Lipinski definition) is 1. The highest BCUT2D eigenvalue weighted by Crippen LogP contribution is 2.29. The van der Waals surface area contributed by atoms with Crippen molar-refractivity contribution in [2.75, 3.05) is 53.4 Å². The molecule has 5 amide bonds. The molecule has 3 saturated heterocycles. The van der Waals surface area contributed by atoms with Gasteiger partial charge in [-0.05, 0) is 81.9 Å². The van der Waals surface area contributed by atoms with E-state index in [1.54, 1.807) is 4.90 Å². The first-order valence-corrected chi connectivity index (χ1v) is 17.5. The fourth-order valence-corrected chi connectivity index (χ4v) is 7.79. The standard InChI is InChI=1S/C34H53ClN6O3/c1-37(2)33(43)41(29-9-5-3-6-10-29)30-17-23-38(24-18-30)32(42)31(25-26-11-13-27(35)14-12-26)36-28-15-21-40(22-16-28)34(44)39-19-7-4-8-20-39/h11-14,28-31,36H,3-10,15-25H2,1-2H3/t31-/m1/s1. The zero-order valence-electron chi connectivity index (χ0n) is 26.9. The van der Waals surface area contributed by atoms with Crippen LogP contribution in [0.25, 0.3) is 0 Å². The number of piperidine rings is 3. The third kappa shape index (κ3) is 8.39. The van der Waals surface area contributed by atoms with E-state index in [0.29, 0.717) is 30.6 Å². The molecule has 1 aromatic rings. The molecule has 1 N–H and O–H groups in total. The van der Waals surface area contributed by atoms with Gasteiger partial charge in [-0.3, -0.25) is 4.79 Å². The van der Waals surface area contributed by atoms with Crippen LogP contribution in [0.2, 0.25) is 5.02 Å². The summed E-state index contributed by atoms with van der Waals surface area (Å²) in [6.07, 6.45) is 13.1. The van der Waals surface area contributed by atoms with E-state index in [4.69, 9.17) is 11.6 Å². The first-order valence-electron chi connectivity index (χ1n) is 17.1. The average Bonchev–Trinajstić information content (AvgIpc) is 3.06. The van der Waals surface area contributed by atoms with Crippen LogP contribution in [0.15, 0.2) is 24.3 Å². The quantitative estimate of drug-likeness (QED) is 0.449. The molecule has 0 unspecified atom stereocenters. The molecule has 44 heavy (non-hydrogen) atoms. The van der Waals surface area contributed by atoms with Crippen molar-refractivity contribution in [1.29, 1.82) is 0 Å². The predicted octanol–water partition coefficient (Wildman–Crippen LogP) is 5.22. The van der Waals surface area contributed by atoms with Gasteiger partial charge in [-0.15, -0.1) is 0 Å². The van der Waals surface area contributed by atoms with Gasteiger partial charge in [0.25, 0.3) is 0 Å². The van der Waals surface area contributed by atoms with Crippen molar-refractivity contribution in [3.8, 4) is 0 Å². The zero-order chi connectivity index (χ0) is 31.1. The summed E-state index contributed by atoms with van der Waals surface area (Å²) in [5.41, 5.74) is 1.08. The van der Waals surface area contributed by atoms with Gasteiger partial charge in [0.2, 0.25) is 5.91 Å². The minimum absolute atomic E-state index is 0.106. The summed E-state index contributed by atoms with van der Waals surface area (Å²) < 4.78 is 0. The van der Waals surface area contributed by atoms with E-state index in [1.807, 2.05) is 53.1 Å². The predicted molar refractivity (Wildman–Crippen MR) is 175 cm³/mol. The normalized spacial score (nSPS) is 21.7. The summed E-state index contributed by atoms with van der Waals surface area (Å²) >= 11 is 6.16. The summed E-state index contributed by atoms with van der Waals surface area (Å²) in [5, 5.41) is 4.41. The topological polar surface area (TPSA) is 79.4 Å². The van der Waals surface area contributed by atoms with Crippen LogP contribution in [0.4, 0.5) is 9.59 Å². The molecular formula is C34H53ClN6O3. The second kappa shape index (κ2) is 15.7. The lowest BCUT2D eigenvalue weighted by molar-refractivity contribution is -0.135. The summed E-state index contributed by atoms with van der Waals surface area (Å²) in [7, 11) is 3.69. The van der Waals surface area contributed by atoms with Crippen LogP contribution >= 0.6 is 11.6 Å². The number of nitrogens with zero attached hydrogens (tertiary/aromatic N) is 5. The smallest absolute Gasteiger partial charge is 0.319 e. The molecule has 1 atom stereocenters. The second-order valence-corrected chi connectivity index (χ2v) is 14.0. The number of nitrogens with one attached hydrogen (secondary N) is 1. The number of urea groups is 2. The van der Waals surface area contributed by atoms with E-state index in [9.17, 15) is 14.4 Å². The lowest BCUT2D eigenvalue weighted by atomic mass is 9.91. The molecule has 0 bridgehead atoms. The van der Waals surface area contributed by atoms with Crippen LogP contribution in [0.5, 0.6) is 0 Å². The van der Waals surface area contributed by atoms with Crippen molar-refractivity contribution in [3.05, 3.63) is 34.9 Å². The highest BCUT2D eigenvalue weighted by atomic mass is 35.5. The van der Waals surface area contributed by atoms with E-state index < -0.39 is 0 Å². The summed E-state index contributed by atoms with van der Waals surface area (Å²) in [6.45, 7) is 4.50. The Morgan fingerprint density at radius 3 is 1.91 bits per heavy atom. The van der Waals surface area contributed by atoms with Crippen molar-refractivity contribution in [2.45, 2.75) is 108 Å². The van der Waals surface area contributed by atoms with Gasteiger partial charge in [-0.2, -0.15) is 0 Å². The first kappa shape index (κ1) is 32.9. The molecule has 244 valence electrons. The summed E-state index contributed by atoms with van der Waals surface area (Å²) in [6, 6.07) is 8.37. The van der Waals surface area contributed by atoms with Gasteiger partial charge in [-0.25, -0.2) is 9.59 Å². The largest absolute Gasteiger partial charge is 0.341 e. The number of carbonyl (C=O) groups is 3. The molecule has 1 aromatic carbocycles. The fourth-order valence-electron chi connectivity index (χ4n) is 7.67. The van der Waals surface area contributed by atoms with Gasteiger partial charge in [0, 0.05) is 76.5 Å². The van der Waals surface area contributed by atoms with Gasteiger partial charge >= 0.3 is 12.1 Å². The Morgan fingerprint density at radius 2 is 1.30 bits per heavy atom. The lowest BCUT2D eigenvalue weighted by Gasteiger charge is -2.45. The van der Waals surface area contributed by atoms with Crippen LogP contribution in [-0.2, 0) is 11.2 Å². The molecule has 0 aromatic heterocycles. The fraction of sp³-hybridized carbons (Fsp3) is 0.735. The number of halogens is 1. The Balaban J connectivity index is 1.21. The monoisotopic (exact) mass is 628 g/mol. The molecule has 9 nitrogen and oxygen atoms in total. The number of carbonyl (C=O) groups excluding carboxylic acids is 3. The Morgan fingerprint density at radius 1 is 0.750 bits per heavy atom. The van der Waals surface area contributed by atoms with Crippen LogP contribution in [-0.4, -0.2) is 120 Å². The van der Waals surface area contributed by atoms with Crippen molar-refractivity contribution >= 4 is 29.6 Å². The SMILES string of the molecule is CN(C)C(=O)N(C1CCCCC1)C1CCN(C(=O)[C@@H](Cc2ccc(Cl)cc2)NC2CCN(C(=O)N3CCCCC3)CC2)CC1. The van der Waals surface area contributed by atoms with Gasteiger partial charge in [0.15, 0.2) is 0 Å². The van der Waals surface area contributed by atoms with E-state index in [1.165, 1.54) is 25.7 Å². The molecule has 3 aliphatic heterocycles. The highest BCUT2D eigenvalue weighted by molar-refractivity contribution is 6.30. The van der Waals surface area contributed by atoms with Gasteiger partial charge in [-0.1, -0.05) is 43.0 Å². The molecular weight excluding hydrogens is 576 g/mol. The molecule has 1 saturated carbocycles. The Hall–Kier alpha value is -2.52. The molecule has 1 aliphatic carbocycles. The Bertz CT molecular complexity index is 1090. The van der Waals surface area contributed by atoms with Gasteiger partial charge < -0.3 is 29.8 Å². The van der Waals surface area contributed by atoms with E-state index >= 15 is 0 Å². The Labute approximate surface area is 269 Å². The molecule has 0 radical (unpaired) electrons. The maximum absolute atomic E-state index is 14.1. The van der Waals surface area contributed by atoms with Crippen molar-refractivity contribution < 1.29 is 14.4 Å². The molecule has 10 heteroatoms. The minimum atomic E-state index is -0.347. The summed E-state index contributed by atoms with van der Waals surface area (Å²) in [4.78, 5) is 50.4. The molecule has 3 heterocycles.